The summed E-state index contributed by atoms with van der Waals surface area (Å²) in [7, 11) is 0. The molecule has 0 aliphatic carbocycles. The highest BCUT2D eigenvalue weighted by Gasteiger charge is 2.05. The van der Waals surface area contributed by atoms with Crippen LogP contribution in [0.3, 0.4) is 0 Å². The molecule has 0 radical (unpaired) electrons. The fourth-order valence-electron chi connectivity index (χ4n) is 1.68. The summed E-state index contributed by atoms with van der Waals surface area (Å²) >= 11 is 7.61. The molecule has 3 nitrogen and oxygen atoms in total. The summed E-state index contributed by atoms with van der Waals surface area (Å²) in [5, 5.41) is 5.00. The second kappa shape index (κ2) is 7.50. The summed E-state index contributed by atoms with van der Waals surface area (Å²) in [4.78, 5) is 10.1. The van der Waals surface area contributed by atoms with Crippen LogP contribution >= 0.6 is 23.4 Å². The molecule has 0 saturated carbocycles. The third-order valence-electron chi connectivity index (χ3n) is 2.64. The molecule has 1 aromatic heterocycles. The molecular weight excluding hydrogens is 290 g/mol. The minimum Gasteiger partial charge on any atom is -0.370 e. The number of hydrogen-bond donors (Lipinski definition) is 1. The van der Waals surface area contributed by atoms with Crippen LogP contribution in [0.15, 0.2) is 40.3 Å². The van der Waals surface area contributed by atoms with Crippen molar-refractivity contribution >= 4 is 29.2 Å². The quantitative estimate of drug-likeness (QED) is 0.787. The van der Waals surface area contributed by atoms with Gasteiger partial charge in [0.25, 0.3) is 0 Å². The van der Waals surface area contributed by atoms with Gasteiger partial charge >= 0.3 is 0 Å². The molecule has 0 atom stereocenters. The van der Waals surface area contributed by atoms with Crippen LogP contribution in [0.5, 0.6) is 0 Å². The Labute approximate surface area is 129 Å². The first-order valence-electron chi connectivity index (χ1n) is 6.76. The average Bonchev–Trinajstić information content (AvgIpc) is 2.45. The third-order valence-corrected chi connectivity index (χ3v) is 3.78. The fraction of sp³-hybridized carbons (Fsp3) is 0.333. The topological polar surface area (TPSA) is 37.8 Å². The number of anilines is 1. The Morgan fingerprint density at radius 2 is 2.05 bits per heavy atom. The minimum absolute atomic E-state index is 0.740. The van der Waals surface area contributed by atoms with Crippen LogP contribution in [-0.4, -0.2) is 16.5 Å². The van der Waals surface area contributed by atoms with Crippen LogP contribution < -0.4 is 5.32 Å². The van der Waals surface area contributed by atoms with Crippen molar-refractivity contribution in [3.05, 3.63) is 41.2 Å². The summed E-state index contributed by atoms with van der Waals surface area (Å²) in [6.45, 7) is 5.12. The lowest BCUT2D eigenvalue weighted by molar-refractivity contribution is 0.877. The number of hydrogen-bond acceptors (Lipinski definition) is 4. The van der Waals surface area contributed by atoms with Crippen molar-refractivity contribution in [2.24, 2.45) is 0 Å². The number of nitrogens with one attached hydrogen (secondary N) is 1. The van der Waals surface area contributed by atoms with Crippen molar-refractivity contribution in [3.8, 4) is 0 Å². The van der Waals surface area contributed by atoms with Gasteiger partial charge in [-0.2, -0.15) is 0 Å². The number of aromatic nitrogens is 2. The average molecular weight is 308 g/mol. The zero-order valence-corrected chi connectivity index (χ0v) is 13.3. The van der Waals surface area contributed by atoms with Gasteiger partial charge in [-0.25, -0.2) is 9.97 Å². The molecule has 0 amide bonds. The van der Waals surface area contributed by atoms with E-state index in [2.05, 4.69) is 29.1 Å². The van der Waals surface area contributed by atoms with Crippen molar-refractivity contribution < 1.29 is 0 Å². The monoisotopic (exact) mass is 307 g/mol. The Kier molecular flexibility index (Phi) is 5.68. The van der Waals surface area contributed by atoms with Gasteiger partial charge in [-0.3, -0.25) is 0 Å². The zero-order chi connectivity index (χ0) is 14.4. The first kappa shape index (κ1) is 15.1. The summed E-state index contributed by atoms with van der Waals surface area (Å²) in [5.74, 6) is 1.75. The molecule has 1 aromatic carbocycles. The normalized spacial score (nSPS) is 10.6. The van der Waals surface area contributed by atoms with Gasteiger partial charge in [0.15, 0.2) is 0 Å². The van der Waals surface area contributed by atoms with Crippen LogP contribution in [0.2, 0.25) is 5.02 Å². The highest BCUT2D eigenvalue weighted by atomic mass is 35.5. The van der Waals surface area contributed by atoms with E-state index in [0.29, 0.717) is 0 Å². The predicted octanol–water partition coefficient (Wildman–Crippen LogP) is 4.67. The molecule has 0 saturated heterocycles. The van der Waals surface area contributed by atoms with Gasteiger partial charge < -0.3 is 5.32 Å². The maximum Gasteiger partial charge on any atom is 0.131 e. The highest BCUT2D eigenvalue weighted by Crippen LogP contribution is 2.29. The smallest absolute Gasteiger partial charge is 0.131 e. The van der Waals surface area contributed by atoms with E-state index in [1.54, 1.807) is 11.8 Å². The molecule has 5 heteroatoms. The van der Waals surface area contributed by atoms with Crippen LogP contribution in [0.4, 0.5) is 5.82 Å². The van der Waals surface area contributed by atoms with E-state index in [9.17, 15) is 0 Å². The number of halogens is 1. The number of aryl methyl sites for hydroxylation is 1. The molecule has 0 aliphatic rings. The lowest BCUT2D eigenvalue weighted by Crippen LogP contribution is -2.05. The van der Waals surface area contributed by atoms with E-state index in [1.165, 1.54) is 0 Å². The van der Waals surface area contributed by atoms with Gasteiger partial charge in [0.2, 0.25) is 0 Å². The molecule has 2 aromatic rings. The van der Waals surface area contributed by atoms with Crippen LogP contribution in [0.1, 0.15) is 26.1 Å². The summed E-state index contributed by atoms with van der Waals surface area (Å²) < 4.78 is 0. The lowest BCUT2D eigenvalue weighted by Gasteiger charge is -2.08. The largest absolute Gasteiger partial charge is 0.370 e. The molecule has 1 N–H and O–H groups in total. The van der Waals surface area contributed by atoms with E-state index in [0.717, 1.165) is 46.0 Å². The van der Waals surface area contributed by atoms with Gasteiger partial charge in [0.05, 0.1) is 0 Å². The van der Waals surface area contributed by atoms with Gasteiger partial charge in [-0.05, 0) is 24.6 Å². The molecule has 0 fully saturated rings. The van der Waals surface area contributed by atoms with Crippen molar-refractivity contribution in [2.75, 3.05) is 11.9 Å². The van der Waals surface area contributed by atoms with E-state index in [-0.39, 0.29) is 0 Å². The van der Waals surface area contributed by atoms with Crippen molar-refractivity contribution in [2.45, 2.75) is 36.6 Å². The third kappa shape index (κ3) is 4.39. The molecule has 2 rings (SSSR count). The van der Waals surface area contributed by atoms with Gasteiger partial charge in [0.1, 0.15) is 16.7 Å². The standard InChI is InChI=1S/C15H18ClN3S/c1-3-8-17-14-10-15(19-13(4-2)18-14)20-12-7-5-6-11(16)9-12/h5-7,9-10H,3-4,8H2,1-2H3,(H,17,18,19). The lowest BCUT2D eigenvalue weighted by atomic mass is 10.4. The van der Waals surface area contributed by atoms with Crippen LogP contribution in [0, 0.1) is 0 Å². The van der Waals surface area contributed by atoms with Gasteiger partial charge in [0, 0.05) is 29.0 Å². The molecule has 0 bridgehead atoms. The number of benzene rings is 1. The molecule has 106 valence electrons. The summed E-state index contributed by atoms with van der Waals surface area (Å²) in [6.07, 6.45) is 1.90. The minimum atomic E-state index is 0.740. The Morgan fingerprint density at radius 3 is 2.75 bits per heavy atom. The number of nitrogens with zero attached hydrogens (tertiary/aromatic N) is 2. The highest BCUT2D eigenvalue weighted by molar-refractivity contribution is 7.99. The van der Waals surface area contributed by atoms with E-state index < -0.39 is 0 Å². The van der Waals surface area contributed by atoms with Crippen LogP contribution in [-0.2, 0) is 6.42 Å². The maximum absolute atomic E-state index is 6.01. The Hall–Kier alpha value is -1.26. The molecule has 0 spiro atoms. The first-order valence-corrected chi connectivity index (χ1v) is 7.96. The van der Waals surface area contributed by atoms with Crippen molar-refractivity contribution in [1.29, 1.82) is 0 Å². The van der Waals surface area contributed by atoms with E-state index in [4.69, 9.17) is 11.6 Å². The van der Waals surface area contributed by atoms with Gasteiger partial charge in [-0.1, -0.05) is 43.3 Å². The van der Waals surface area contributed by atoms with E-state index >= 15 is 0 Å². The first-order chi connectivity index (χ1) is 9.71. The van der Waals surface area contributed by atoms with Gasteiger partial charge in [-0.15, -0.1) is 0 Å². The van der Waals surface area contributed by atoms with Crippen molar-refractivity contribution in [3.63, 3.8) is 0 Å². The Balaban J connectivity index is 2.21. The van der Waals surface area contributed by atoms with Crippen molar-refractivity contribution in [1.82, 2.24) is 9.97 Å². The summed E-state index contributed by atoms with van der Waals surface area (Å²) in [6, 6.07) is 9.78. The molecule has 20 heavy (non-hydrogen) atoms. The zero-order valence-electron chi connectivity index (χ0n) is 11.7. The Bertz CT molecular complexity index is 575. The SMILES string of the molecule is CCCNc1cc(Sc2cccc(Cl)c2)nc(CC)n1. The van der Waals surface area contributed by atoms with E-state index in [1.807, 2.05) is 30.3 Å². The predicted molar refractivity (Wildman–Crippen MR) is 85.8 cm³/mol. The Morgan fingerprint density at radius 1 is 1.20 bits per heavy atom. The van der Waals surface area contributed by atoms with Crippen LogP contribution in [0.25, 0.3) is 0 Å². The second-order valence-electron chi connectivity index (χ2n) is 4.35. The molecule has 0 aliphatic heterocycles. The number of rotatable bonds is 6. The molecular formula is C15H18ClN3S. The molecule has 1 heterocycles. The molecule has 0 unspecified atom stereocenters. The second-order valence-corrected chi connectivity index (χ2v) is 5.88. The summed E-state index contributed by atoms with van der Waals surface area (Å²) in [5.41, 5.74) is 0. The maximum atomic E-state index is 6.01. The fourth-order valence-corrected chi connectivity index (χ4v) is 2.83.